The van der Waals surface area contributed by atoms with E-state index in [2.05, 4.69) is 20.6 Å². The summed E-state index contributed by atoms with van der Waals surface area (Å²) in [6, 6.07) is 1.53. The van der Waals surface area contributed by atoms with Gasteiger partial charge >= 0.3 is 0 Å². The SMILES string of the molecule is CCC1CCC(C)N1C(=O)c1nc(C(=O)NCC(C)(C)O)sc1-c1cnc(NC2CCCC2)cc1C(F)F. The zero-order valence-electron chi connectivity index (χ0n) is 22.4. The Morgan fingerprint density at radius 3 is 2.58 bits per heavy atom. The van der Waals surface area contributed by atoms with E-state index in [1.165, 1.54) is 12.3 Å². The predicted octanol–water partition coefficient (Wildman–Crippen LogP) is 5.40. The standard InChI is InChI=1S/C27H37F2N5O3S/c1-5-17-11-10-15(2)34(17)26(36)21-22(38-25(33-21)24(35)31-14-27(3,4)37)19-13-30-20(12-18(19)23(28)29)32-16-8-6-7-9-16/h12-13,15-17,23,37H,5-11,14H2,1-4H3,(H,30,32)(H,31,35). The second-order valence-electron chi connectivity index (χ2n) is 11.0. The van der Waals surface area contributed by atoms with Gasteiger partial charge in [-0.3, -0.25) is 9.59 Å². The zero-order valence-corrected chi connectivity index (χ0v) is 23.2. The molecule has 38 heavy (non-hydrogen) atoms. The summed E-state index contributed by atoms with van der Waals surface area (Å²) in [5, 5.41) is 15.8. The zero-order chi connectivity index (χ0) is 27.6. The van der Waals surface area contributed by atoms with Crippen LogP contribution in [0.25, 0.3) is 10.4 Å². The summed E-state index contributed by atoms with van der Waals surface area (Å²) in [6.45, 7) is 7.05. The number of likely N-dealkylation sites (tertiary alicyclic amines) is 1. The van der Waals surface area contributed by atoms with Crippen LogP contribution in [0.2, 0.25) is 0 Å². The van der Waals surface area contributed by atoms with E-state index < -0.39 is 17.9 Å². The van der Waals surface area contributed by atoms with Crippen LogP contribution in [0.3, 0.4) is 0 Å². The molecule has 1 aliphatic heterocycles. The Bertz CT molecular complexity index is 1160. The Morgan fingerprint density at radius 2 is 1.95 bits per heavy atom. The second kappa shape index (κ2) is 11.6. The molecular weight excluding hydrogens is 512 g/mol. The van der Waals surface area contributed by atoms with Crippen LogP contribution in [0.5, 0.6) is 0 Å². The molecule has 2 unspecified atom stereocenters. The monoisotopic (exact) mass is 549 g/mol. The summed E-state index contributed by atoms with van der Waals surface area (Å²) < 4.78 is 28.7. The largest absolute Gasteiger partial charge is 0.389 e. The lowest BCUT2D eigenvalue weighted by Gasteiger charge is -2.27. The van der Waals surface area contributed by atoms with E-state index in [4.69, 9.17) is 0 Å². The molecule has 0 spiro atoms. The number of aliphatic hydroxyl groups is 1. The normalized spacial score (nSPS) is 20.4. The quantitative estimate of drug-likeness (QED) is 0.387. The van der Waals surface area contributed by atoms with Crippen molar-refractivity contribution in [3.8, 4) is 10.4 Å². The first-order chi connectivity index (χ1) is 18.0. The second-order valence-corrected chi connectivity index (χ2v) is 12.0. The molecule has 11 heteroatoms. The highest BCUT2D eigenvalue weighted by Gasteiger charge is 2.37. The van der Waals surface area contributed by atoms with E-state index in [0.717, 1.165) is 56.3 Å². The Balaban J connectivity index is 1.75. The molecule has 4 rings (SSSR count). The van der Waals surface area contributed by atoms with E-state index in [1.54, 1.807) is 18.7 Å². The lowest BCUT2D eigenvalue weighted by Crippen LogP contribution is -2.40. The maximum atomic E-state index is 14.4. The van der Waals surface area contributed by atoms with E-state index in [1.807, 2.05) is 13.8 Å². The van der Waals surface area contributed by atoms with Crippen LogP contribution in [-0.4, -0.2) is 62.1 Å². The molecule has 2 atom stereocenters. The van der Waals surface area contributed by atoms with Crippen molar-refractivity contribution in [3.05, 3.63) is 28.5 Å². The average Bonchev–Trinajstić information content (AvgIpc) is 3.61. The number of amides is 2. The third kappa shape index (κ3) is 6.31. The topological polar surface area (TPSA) is 107 Å². The molecule has 2 aliphatic rings. The number of carbonyl (C=O) groups excluding carboxylic acids is 2. The van der Waals surface area contributed by atoms with Gasteiger partial charge in [-0.05, 0) is 58.9 Å². The fraction of sp³-hybridized carbons (Fsp3) is 0.630. The number of hydrogen-bond donors (Lipinski definition) is 3. The number of halogens is 2. The van der Waals surface area contributed by atoms with Gasteiger partial charge in [-0.15, -0.1) is 11.3 Å². The molecule has 2 aromatic rings. The smallest absolute Gasteiger partial charge is 0.280 e. The molecule has 1 saturated heterocycles. The Labute approximate surface area is 226 Å². The summed E-state index contributed by atoms with van der Waals surface area (Å²) in [5.74, 6) is -0.580. The van der Waals surface area contributed by atoms with Gasteiger partial charge in [0.1, 0.15) is 11.5 Å². The van der Waals surface area contributed by atoms with Gasteiger partial charge in [-0.2, -0.15) is 0 Å². The number of pyridine rings is 1. The van der Waals surface area contributed by atoms with Crippen molar-refractivity contribution in [2.75, 3.05) is 11.9 Å². The number of carbonyl (C=O) groups is 2. The van der Waals surface area contributed by atoms with E-state index in [-0.39, 0.29) is 57.3 Å². The molecule has 8 nitrogen and oxygen atoms in total. The lowest BCUT2D eigenvalue weighted by molar-refractivity contribution is 0.0668. The van der Waals surface area contributed by atoms with Gasteiger partial charge in [0, 0.05) is 42.0 Å². The molecule has 2 amide bonds. The van der Waals surface area contributed by atoms with Crippen molar-refractivity contribution in [3.63, 3.8) is 0 Å². The molecule has 0 radical (unpaired) electrons. The summed E-state index contributed by atoms with van der Waals surface area (Å²) >= 11 is 0.893. The van der Waals surface area contributed by atoms with E-state index in [9.17, 15) is 23.5 Å². The Hall–Kier alpha value is -2.66. The summed E-state index contributed by atoms with van der Waals surface area (Å²) in [4.78, 5) is 37.5. The molecule has 3 N–H and O–H groups in total. The van der Waals surface area contributed by atoms with Crippen molar-refractivity contribution < 1.29 is 23.5 Å². The summed E-state index contributed by atoms with van der Waals surface area (Å²) in [6.07, 6.45) is 5.12. The number of nitrogens with zero attached hydrogens (tertiary/aromatic N) is 3. The molecule has 2 fully saturated rings. The molecular formula is C27H37F2N5O3S. The van der Waals surface area contributed by atoms with Gasteiger partial charge in [0.05, 0.1) is 10.5 Å². The van der Waals surface area contributed by atoms with Crippen LogP contribution in [-0.2, 0) is 0 Å². The molecule has 1 aliphatic carbocycles. The third-order valence-electron chi connectivity index (χ3n) is 7.32. The number of rotatable bonds is 9. The van der Waals surface area contributed by atoms with E-state index in [0.29, 0.717) is 5.82 Å². The molecule has 0 bridgehead atoms. The van der Waals surface area contributed by atoms with Crippen molar-refractivity contribution in [1.82, 2.24) is 20.2 Å². The number of hydrogen-bond acceptors (Lipinski definition) is 7. The highest BCUT2D eigenvalue weighted by molar-refractivity contribution is 7.17. The van der Waals surface area contributed by atoms with Gasteiger partial charge in [0.2, 0.25) is 0 Å². The van der Waals surface area contributed by atoms with Gasteiger partial charge < -0.3 is 20.6 Å². The number of aromatic nitrogens is 2. The van der Waals surface area contributed by atoms with Gasteiger partial charge in [0.15, 0.2) is 5.01 Å². The fourth-order valence-corrected chi connectivity index (χ4v) is 6.28. The average molecular weight is 550 g/mol. The molecule has 0 aromatic carbocycles. The molecule has 2 aromatic heterocycles. The number of nitrogens with one attached hydrogen (secondary N) is 2. The fourth-order valence-electron chi connectivity index (χ4n) is 5.28. The van der Waals surface area contributed by atoms with Gasteiger partial charge in [-0.25, -0.2) is 18.7 Å². The predicted molar refractivity (Wildman–Crippen MR) is 144 cm³/mol. The van der Waals surface area contributed by atoms with Crippen LogP contribution >= 0.6 is 11.3 Å². The minimum Gasteiger partial charge on any atom is -0.389 e. The maximum absolute atomic E-state index is 14.4. The highest BCUT2D eigenvalue weighted by atomic mass is 32.1. The first kappa shape index (κ1) is 28.4. The maximum Gasteiger partial charge on any atom is 0.280 e. The van der Waals surface area contributed by atoms with Crippen LogP contribution in [0.4, 0.5) is 14.6 Å². The number of anilines is 1. The summed E-state index contributed by atoms with van der Waals surface area (Å²) in [5.41, 5.74) is -1.33. The molecule has 3 heterocycles. The first-order valence-corrected chi connectivity index (χ1v) is 14.2. The van der Waals surface area contributed by atoms with Crippen LogP contribution in [0.1, 0.15) is 105 Å². The Morgan fingerprint density at radius 1 is 1.24 bits per heavy atom. The third-order valence-corrected chi connectivity index (χ3v) is 8.41. The number of alkyl halides is 2. The van der Waals surface area contributed by atoms with Crippen molar-refractivity contribution >= 4 is 29.0 Å². The lowest BCUT2D eigenvalue weighted by atomic mass is 10.1. The van der Waals surface area contributed by atoms with Crippen LogP contribution in [0.15, 0.2) is 12.3 Å². The van der Waals surface area contributed by atoms with Crippen LogP contribution < -0.4 is 10.6 Å². The molecule has 208 valence electrons. The van der Waals surface area contributed by atoms with Gasteiger partial charge in [-0.1, -0.05) is 19.8 Å². The first-order valence-electron chi connectivity index (χ1n) is 13.4. The van der Waals surface area contributed by atoms with Crippen molar-refractivity contribution in [2.24, 2.45) is 0 Å². The van der Waals surface area contributed by atoms with Crippen molar-refractivity contribution in [1.29, 1.82) is 0 Å². The Kier molecular flexibility index (Phi) is 8.66. The van der Waals surface area contributed by atoms with Crippen molar-refractivity contribution in [2.45, 2.75) is 103 Å². The minimum absolute atomic E-state index is 0.0178. The van der Waals surface area contributed by atoms with Gasteiger partial charge in [0.25, 0.3) is 18.2 Å². The number of thiazole rings is 1. The summed E-state index contributed by atoms with van der Waals surface area (Å²) in [7, 11) is 0. The minimum atomic E-state index is -2.82. The molecule has 1 saturated carbocycles. The van der Waals surface area contributed by atoms with E-state index >= 15 is 0 Å². The highest BCUT2D eigenvalue weighted by Crippen LogP contribution is 2.40. The van der Waals surface area contributed by atoms with Crippen LogP contribution in [0, 0.1) is 0 Å².